The van der Waals surface area contributed by atoms with Gasteiger partial charge < -0.3 is 5.32 Å². The third kappa shape index (κ3) is 4.74. The molecule has 2 rings (SSSR count). The summed E-state index contributed by atoms with van der Waals surface area (Å²) in [5.41, 5.74) is 0. The van der Waals surface area contributed by atoms with Crippen molar-refractivity contribution in [3.8, 4) is 0 Å². The van der Waals surface area contributed by atoms with Gasteiger partial charge in [-0.15, -0.1) is 0 Å². The van der Waals surface area contributed by atoms with Crippen LogP contribution in [0.15, 0.2) is 47.4 Å². The van der Waals surface area contributed by atoms with Crippen molar-refractivity contribution in [1.82, 2.24) is 10.0 Å². The standard InChI is InChI=1S/C15H22N2O2S/c18-20(19,15-9-5-2-6-10-15)17-12-11-16-13-14-7-3-1-4-8-14/h1-3,5-6,9-10,14,16-17H,4,7-8,11-13H2/t14-/m1/s1. The molecule has 2 N–H and O–H groups in total. The van der Waals surface area contributed by atoms with Crippen molar-refractivity contribution >= 4 is 10.0 Å². The van der Waals surface area contributed by atoms with Crippen LogP contribution in [0.25, 0.3) is 0 Å². The predicted molar refractivity (Wildman–Crippen MR) is 81.0 cm³/mol. The Bertz CT molecular complexity index is 526. The monoisotopic (exact) mass is 294 g/mol. The Hall–Kier alpha value is -1.17. The van der Waals surface area contributed by atoms with Gasteiger partial charge in [0.15, 0.2) is 0 Å². The molecule has 20 heavy (non-hydrogen) atoms. The summed E-state index contributed by atoms with van der Waals surface area (Å²) in [5.74, 6) is 0.686. The lowest BCUT2D eigenvalue weighted by Crippen LogP contribution is -2.34. The molecular weight excluding hydrogens is 272 g/mol. The van der Waals surface area contributed by atoms with Gasteiger partial charge in [0, 0.05) is 13.1 Å². The maximum atomic E-state index is 11.9. The molecule has 0 radical (unpaired) electrons. The van der Waals surface area contributed by atoms with E-state index in [2.05, 4.69) is 22.2 Å². The van der Waals surface area contributed by atoms with Crippen molar-refractivity contribution in [2.75, 3.05) is 19.6 Å². The lowest BCUT2D eigenvalue weighted by atomic mass is 9.94. The number of hydrogen-bond acceptors (Lipinski definition) is 3. The number of allylic oxidation sites excluding steroid dienone is 2. The number of sulfonamides is 1. The Morgan fingerprint density at radius 3 is 2.60 bits per heavy atom. The van der Waals surface area contributed by atoms with E-state index < -0.39 is 10.0 Å². The summed E-state index contributed by atoms with van der Waals surface area (Å²) in [6.07, 6.45) is 7.97. The maximum absolute atomic E-state index is 11.9. The molecule has 0 spiro atoms. The number of hydrogen-bond donors (Lipinski definition) is 2. The van der Waals surface area contributed by atoms with Crippen LogP contribution in [0.2, 0.25) is 0 Å². The average molecular weight is 294 g/mol. The van der Waals surface area contributed by atoms with Gasteiger partial charge in [-0.1, -0.05) is 30.4 Å². The Labute approximate surface area is 121 Å². The molecule has 1 aliphatic rings. The van der Waals surface area contributed by atoms with Crippen LogP contribution in [0.4, 0.5) is 0 Å². The molecule has 0 aromatic heterocycles. The molecule has 1 aromatic carbocycles. The minimum Gasteiger partial charge on any atom is -0.315 e. The molecule has 110 valence electrons. The third-order valence-corrected chi connectivity index (χ3v) is 4.93. The van der Waals surface area contributed by atoms with Gasteiger partial charge in [-0.2, -0.15) is 0 Å². The summed E-state index contributed by atoms with van der Waals surface area (Å²) in [4.78, 5) is 0.317. The van der Waals surface area contributed by atoms with E-state index >= 15 is 0 Å². The third-order valence-electron chi connectivity index (χ3n) is 3.46. The second kappa shape index (κ2) is 7.57. The highest BCUT2D eigenvalue weighted by atomic mass is 32.2. The summed E-state index contributed by atoms with van der Waals surface area (Å²) < 4.78 is 26.5. The predicted octanol–water partition coefficient (Wildman–Crippen LogP) is 1.91. The largest absolute Gasteiger partial charge is 0.315 e. The molecule has 0 fully saturated rings. The second-order valence-corrected chi connectivity index (χ2v) is 6.83. The lowest BCUT2D eigenvalue weighted by molar-refractivity contribution is 0.442. The van der Waals surface area contributed by atoms with Crippen molar-refractivity contribution in [2.24, 2.45) is 5.92 Å². The molecule has 0 bridgehead atoms. The fourth-order valence-electron chi connectivity index (χ4n) is 2.30. The van der Waals surface area contributed by atoms with Gasteiger partial charge in [-0.25, -0.2) is 13.1 Å². The van der Waals surface area contributed by atoms with E-state index in [-0.39, 0.29) is 0 Å². The molecule has 1 atom stereocenters. The van der Waals surface area contributed by atoms with Crippen LogP contribution in [-0.2, 0) is 10.0 Å². The molecule has 0 saturated heterocycles. The van der Waals surface area contributed by atoms with Crippen LogP contribution in [-0.4, -0.2) is 28.1 Å². The summed E-state index contributed by atoms with van der Waals surface area (Å²) in [6, 6.07) is 8.46. The number of nitrogens with one attached hydrogen (secondary N) is 2. The molecule has 0 aliphatic heterocycles. The van der Waals surface area contributed by atoms with E-state index in [0.717, 1.165) is 19.4 Å². The molecule has 5 heteroatoms. The van der Waals surface area contributed by atoms with Crippen LogP contribution in [0.1, 0.15) is 19.3 Å². The molecule has 0 heterocycles. The zero-order valence-electron chi connectivity index (χ0n) is 11.6. The quantitative estimate of drug-likeness (QED) is 0.596. The van der Waals surface area contributed by atoms with Crippen molar-refractivity contribution in [3.05, 3.63) is 42.5 Å². The van der Waals surface area contributed by atoms with Gasteiger partial charge >= 0.3 is 0 Å². The topological polar surface area (TPSA) is 58.2 Å². The minimum atomic E-state index is -3.37. The molecule has 0 amide bonds. The first-order valence-electron chi connectivity index (χ1n) is 7.09. The van der Waals surface area contributed by atoms with Gasteiger partial charge in [-0.3, -0.25) is 0 Å². The first-order valence-corrected chi connectivity index (χ1v) is 8.57. The molecule has 4 nitrogen and oxygen atoms in total. The van der Waals surface area contributed by atoms with Gasteiger partial charge in [0.2, 0.25) is 10.0 Å². The average Bonchev–Trinajstić information content (AvgIpc) is 2.49. The maximum Gasteiger partial charge on any atom is 0.240 e. The van der Waals surface area contributed by atoms with Crippen LogP contribution in [0.3, 0.4) is 0 Å². The Balaban J connectivity index is 1.67. The first-order chi connectivity index (χ1) is 9.68. The molecule has 1 aromatic rings. The first kappa shape index (κ1) is 15.2. The highest BCUT2D eigenvalue weighted by Gasteiger charge is 2.12. The van der Waals surface area contributed by atoms with Crippen LogP contribution < -0.4 is 10.0 Å². The van der Waals surface area contributed by atoms with E-state index in [1.807, 2.05) is 0 Å². The van der Waals surface area contributed by atoms with Gasteiger partial charge in [-0.05, 0) is 43.9 Å². The summed E-state index contributed by atoms with van der Waals surface area (Å²) in [6.45, 7) is 2.03. The lowest BCUT2D eigenvalue weighted by Gasteiger charge is -2.18. The van der Waals surface area contributed by atoms with E-state index in [1.54, 1.807) is 30.3 Å². The van der Waals surface area contributed by atoms with E-state index in [1.165, 1.54) is 6.42 Å². The summed E-state index contributed by atoms with van der Waals surface area (Å²) in [5, 5.41) is 3.32. The summed E-state index contributed by atoms with van der Waals surface area (Å²) >= 11 is 0. The highest BCUT2D eigenvalue weighted by Crippen LogP contribution is 2.16. The van der Waals surface area contributed by atoms with Crippen molar-refractivity contribution in [1.29, 1.82) is 0 Å². The zero-order chi connectivity index (χ0) is 14.3. The number of rotatable bonds is 7. The van der Waals surface area contributed by atoms with Gasteiger partial charge in [0.25, 0.3) is 0 Å². The highest BCUT2D eigenvalue weighted by molar-refractivity contribution is 7.89. The zero-order valence-corrected chi connectivity index (χ0v) is 12.4. The van der Waals surface area contributed by atoms with E-state index in [9.17, 15) is 8.42 Å². The second-order valence-electron chi connectivity index (χ2n) is 5.07. The Morgan fingerprint density at radius 2 is 1.90 bits per heavy atom. The van der Waals surface area contributed by atoms with Crippen molar-refractivity contribution < 1.29 is 8.42 Å². The normalized spacial score (nSPS) is 19.1. The van der Waals surface area contributed by atoms with Crippen LogP contribution >= 0.6 is 0 Å². The van der Waals surface area contributed by atoms with Crippen molar-refractivity contribution in [3.63, 3.8) is 0 Å². The van der Waals surface area contributed by atoms with Gasteiger partial charge in [0.1, 0.15) is 0 Å². The molecule has 1 aliphatic carbocycles. The van der Waals surface area contributed by atoms with Crippen LogP contribution in [0.5, 0.6) is 0 Å². The smallest absolute Gasteiger partial charge is 0.240 e. The van der Waals surface area contributed by atoms with Crippen LogP contribution in [0, 0.1) is 5.92 Å². The molecule has 0 unspecified atom stereocenters. The Kier molecular flexibility index (Phi) is 5.76. The fraction of sp³-hybridized carbons (Fsp3) is 0.467. The SMILES string of the molecule is O=S(=O)(NCCNC[C@@H]1CC=CCC1)c1ccccc1. The Morgan fingerprint density at radius 1 is 1.10 bits per heavy atom. The minimum absolute atomic E-state index is 0.317. The van der Waals surface area contributed by atoms with Crippen molar-refractivity contribution in [2.45, 2.75) is 24.2 Å². The number of benzene rings is 1. The van der Waals surface area contributed by atoms with E-state index in [4.69, 9.17) is 0 Å². The van der Waals surface area contributed by atoms with E-state index in [0.29, 0.717) is 23.9 Å². The van der Waals surface area contributed by atoms with Gasteiger partial charge in [0.05, 0.1) is 4.90 Å². The molecule has 0 saturated carbocycles. The fourth-order valence-corrected chi connectivity index (χ4v) is 3.36. The summed E-state index contributed by atoms with van der Waals surface area (Å²) in [7, 11) is -3.37. The molecular formula is C15H22N2O2S.